The lowest BCUT2D eigenvalue weighted by Gasteiger charge is -2.28. The van der Waals surface area contributed by atoms with Gasteiger partial charge in [-0.25, -0.2) is 4.79 Å². The van der Waals surface area contributed by atoms with Crippen molar-refractivity contribution in [3.05, 3.63) is 17.5 Å². The number of nitrogens with zero attached hydrogens (tertiary/aromatic N) is 3. The van der Waals surface area contributed by atoms with Crippen molar-refractivity contribution >= 4 is 12.0 Å². The Balaban J connectivity index is 1.47. The van der Waals surface area contributed by atoms with Gasteiger partial charge in [0.25, 0.3) is 0 Å². The van der Waals surface area contributed by atoms with Gasteiger partial charge in [-0.1, -0.05) is 5.16 Å². The van der Waals surface area contributed by atoms with Crippen LogP contribution in [0.15, 0.2) is 10.6 Å². The average molecular weight is 335 g/mol. The number of guanidine groups is 1. The van der Waals surface area contributed by atoms with E-state index in [1.807, 2.05) is 22.9 Å². The summed E-state index contributed by atoms with van der Waals surface area (Å²) in [4.78, 5) is 16.0. The van der Waals surface area contributed by atoms with Gasteiger partial charge in [0.1, 0.15) is 11.5 Å². The highest BCUT2D eigenvalue weighted by molar-refractivity contribution is 5.77. The largest absolute Gasteiger partial charge is 0.370 e. The Bertz CT molecular complexity index is 602. The minimum absolute atomic E-state index is 0.0199. The van der Waals surface area contributed by atoms with Crippen LogP contribution in [-0.2, 0) is 6.42 Å². The van der Waals surface area contributed by atoms with E-state index in [9.17, 15) is 4.79 Å². The average Bonchev–Trinajstić information content (AvgIpc) is 3.11. The second-order valence-corrected chi connectivity index (χ2v) is 6.35. The lowest BCUT2D eigenvalue weighted by molar-refractivity contribution is 0.177. The predicted molar refractivity (Wildman–Crippen MR) is 88.6 cm³/mol. The number of hydrogen-bond donors (Lipinski definition) is 4. The molecule has 2 bridgehead atoms. The van der Waals surface area contributed by atoms with Gasteiger partial charge in [0.2, 0.25) is 0 Å². The summed E-state index contributed by atoms with van der Waals surface area (Å²) in [6, 6.07) is 2.43. The fourth-order valence-electron chi connectivity index (χ4n) is 3.37. The molecular formula is C15H25N7O2. The van der Waals surface area contributed by atoms with Crippen LogP contribution in [-0.4, -0.2) is 66.2 Å². The number of likely N-dealkylation sites (N-methyl/N-ethyl adjacent to an activating group) is 1. The first-order valence-corrected chi connectivity index (χ1v) is 8.34. The molecule has 0 unspecified atom stereocenters. The third kappa shape index (κ3) is 3.45. The SMILES string of the molecule is CN1C(=O)N2C[C@H]1CC[C@H]2c1cc(CCNCCNC(=N)N)on1. The lowest BCUT2D eigenvalue weighted by atomic mass is 9.98. The van der Waals surface area contributed by atoms with E-state index in [-0.39, 0.29) is 18.0 Å². The number of carbonyl (C=O) groups excluding carboxylic acids is 1. The molecule has 2 saturated heterocycles. The number of carbonyl (C=O) groups is 1. The Morgan fingerprint density at radius 1 is 1.46 bits per heavy atom. The smallest absolute Gasteiger partial charge is 0.320 e. The highest BCUT2D eigenvalue weighted by atomic mass is 16.5. The van der Waals surface area contributed by atoms with Gasteiger partial charge >= 0.3 is 6.03 Å². The van der Waals surface area contributed by atoms with Crippen molar-refractivity contribution in [3.8, 4) is 0 Å². The molecule has 2 amide bonds. The van der Waals surface area contributed by atoms with Gasteiger partial charge in [0.15, 0.2) is 5.96 Å². The topological polar surface area (TPSA) is 124 Å². The van der Waals surface area contributed by atoms with E-state index >= 15 is 0 Å². The van der Waals surface area contributed by atoms with Gasteiger partial charge in [0.05, 0.1) is 12.1 Å². The summed E-state index contributed by atoms with van der Waals surface area (Å²) < 4.78 is 5.42. The van der Waals surface area contributed by atoms with Gasteiger partial charge in [-0.05, 0) is 12.8 Å². The first-order chi connectivity index (χ1) is 11.6. The summed E-state index contributed by atoms with van der Waals surface area (Å²) in [5.74, 6) is 0.799. The number of nitrogens with one attached hydrogen (secondary N) is 3. The van der Waals surface area contributed by atoms with E-state index in [1.165, 1.54) is 0 Å². The molecule has 0 saturated carbocycles. The third-order valence-electron chi connectivity index (χ3n) is 4.74. The van der Waals surface area contributed by atoms with Crippen LogP contribution >= 0.6 is 0 Å². The molecule has 0 aromatic carbocycles. The van der Waals surface area contributed by atoms with E-state index in [1.54, 1.807) is 0 Å². The van der Waals surface area contributed by atoms with Crippen LogP contribution < -0.4 is 16.4 Å². The molecule has 2 aliphatic rings. The predicted octanol–water partition coefficient (Wildman–Crippen LogP) is -0.139. The maximum atomic E-state index is 12.3. The second kappa shape index (κ2) is 7.08. The summed E-state index contributed by atoms with van der Waals surface area (Å²) >= 11 is 0. The first kappa shape index (κ1) is 16.6. The molecule has 9 heteroatoms. The summed E-state index contributed by atoms with van der Waals surface area (Å²) in [5.41, 5.74) is 6.06. The Kier molecular flexibility index (Phi) is 4.89. The van der Waals surface area contributed by atoms with Crippen LogP contribution in [0.4, 0.5) is 4.79 Å². The molecule has 1 aromatic rings. The van der Waals surface area contributed by atoms with Crippen LogP contribution in [0, 0.1) is 5.41 Å². The van der Waals surface area contributed by atoms with Crippen molar-refractivity contribution in [2.75, 3.05) is 33.2 Å². The molecule has 3 rings (SSSR count). The maximum absolute atomic E-state index is 12.3. The van der Waals surface area contributed by atoms with Gasteiger partial charge in [0, 0.05) is 45.7 Å². The minimum Gasteiger partial charge on any atom is -0.370 e. The van der Waals surface area contributed by atoms with Crippen molar-refractivity contribution in [2.45, 2.75) is 31.3 Å². The number of urea groups is 1. The second-order valence-electron chi connectivity index (χ2n) is 6.35. The molecule has 0 aliphatic carbocycles. The molecule has 1 aromatic heterocycles. The number of hydrogen-bond acceptors (Lipinski definition) is 5. The zero-order valence-corrected chi connectivity index (χ0v) is 13.9. The summed E-state index contributed by atoms with van der Waals surface area (Å²) in [6.45, 7) is 2.88. The van der Waals surface area contributed by atoms with Crippen molar-refractivity contribution in [1.82, 2.24) is 25.6 Å². The fourth-order valence-corrected chi connectivity index (χ4v) is 3.37. The number of nitrogens with two attached hydrogens (primary N) is 1. The van der Waals surface area contributed by atoms with Crippen LogP contribution in [0.2, 0.25) is 0 Å². The molecule has 5 N–H and O–H groups in total. The number of aromatic nitrogens is 1. The third-order valence-corrected chi connectivity index (χ3v) is 4.74. The lowest BCUT2D eigenvalue weighted by Crippen LogP contribution is -2.36. The van der Waals surface area contributed by atoms with E-state index in [0.717, 1.165) is 50.4 Å². The number of fused-ring (bicyclic) bond motifs is 2. The van der Waals surface area contributed by atoms with Crippen LogP contribution in [0.1, 0.15) is 30.3 Å². The minimum atomic E-state index is -0.0199. The van der Waals surface area contributed by atoms with E-state index < -0.39 is 0 Å². The first-order valence-electron chi connectivity index (χ1n) is 8.34. The maximum Gasteiger partial charge on any atom is 0.320 e. The van der Waals surface area contributed by atoms with Crippen LogP contribution in [0.3, 0.4) is 0 Å². The molecule has 2 fully saturated rings. The number of rotatable bonds is 7. The molecule has 0 radical (unpaired) electrons. The Hall–Kier alpha value is -2.29. The fraction of sp³-hybridized carbons (Fsp3) is 0.667. The molecule has 3 heterocycles. The van der Waals surface area contributed by atoms with E-state index in [2.05, 4.69) is 15.8 Å². The molecule has 24 heavy (non-hydrogen) atoms. The summed E-state index contributed by atoms with van der Waals surface area (Å²) in [7, 11) is 1.87. The van der Waals surface area contributed by atoms with Crippen molar-refractivity contribution in [3.63, 3.8) is 0 Å². The zero-order valence-electron chi connectivity index (χ0n) is 13.9. The van der Waals surface area contributed by atoms with Gasteiger partial charge < -0.3 is 30.7 Å². The molecule has 9 nitrogen and oxygen atoms in total. The highest BCUT2D eigenvalue weighted by Gasteiger charge is 2.44. The summed E-state index contributed by atoms with van der Waals surface area (Å²) in [5, 5.41) is 17.2. The molecule has 2 aliphatic heterocycles. The molecule has 132 valence electrons. The van der Waals surface area contributed by atoms with Gasteiger partial charge in [-0.15, -0.1) is 0 Å². The highest BCUT2D eigenvalue weighted by Crippen LogP contribution is 2.37. The quantitative estimate of drug-likeness (QED) is 0.312. The van der Waals surface area contributed by atoms with Crippen molar-refractivity contribution in [2.24, 2.45) is 5.73 Å². The Morgan fingerprint density at radius 2 is 2.29 bits per heavy atom. The van der Waals surface area contributed by atoms with Crippen LogP contribution in [0.5, 0.6) is 0 Å². The monoisotopic (exact) mass is 335 g/mol. The number of piperidine rings is 1. The zero-order chi connectivity index (χ0) is 17.1. The standard InChI is InChI=1S/C15H25N7O2/c1-21-10-2-3-13(22(9-10)15(21)23)12-8-11(24-20-12)4-5-18-6-7-19-14(16)17/h8,10,13,18H,2-7,9H2,1H3,(H4,16,17,19)/t10-,13+/m1/s1. The molecule has 0 spiro atoms. The molecule has 2 atom stereocenters. The van der Waals surface area contributed by atoms with Crippen molar-refractivity contribution < 1.29 is 9.32 Å². The molecular weight excluding hydrogens is 310 g/mol. The Morgan fingerprint density at radius 3 is 3.08 bits per heavy atom. The van der Waals surface area contributed by atoms with Gasteiger partial charge in [-0.2, -0.15) is 0 Å². The number of amides is 2. The van der Waals surface area contributed by atoms with Crippen molar-refractivity contribution in [1.29, 1.82) is 5.41 Å². The normalized spacial score (nSPS) is 23.0. The van der Waals surface area contributed by atoms with E-state index in [0.29, 0.717) is 12.6 Å². The van der Waals surface area contributed by atoms with E-state index in [4.69, 9.17) is 15.7 Å². The summed E-state index contributed by atoms with van der Waals surface area (Å²) in [6.07, 6.45) is 2.67. The van der Waals surface area contributed by atoms with Crippen LogP contribution in [0.25, 0.3) is 0 Å². The Labute approximate surface area is 141 Å². The van der Waals surface area contributed by atoms with Gasteiger partial charge in [-0.3, -0.25) is 5.41 Å².